The van der Waals surface area contributed by atoms with Crippen molar-refractivity contribution in [3.05, 3.63) is 29.8 Å². The van der Waals surface area contributed by atoms with E-state index in [0.717, 1.165) is 12.8 Å². The molecule has 0 fully saturated rings. The number of carbonyl (C=O) groups is 2. The average molecular weight is 251 g/mol. The lowest BCUT2D eigenvalue weighted by Crippen LogP contribution is -2.17. The molecule has 0 atom stereocenters. The van der Waals surface area contributed by atoms with Crippen molar-refractivity contribution in [1.29, 1.82) is 0 Å². The van der Waals surface area contributed by atoms with Crippen LogP contribution >= 0.6 is 0 Å². The largest absolute Gasteiger partial charge is 0.463 e. The van der Waals surface area contributed by atoms with Crippen molar-refractivity contribution in [2.45, 2.75) is 19.8 Å². The summed E-state index contributed by atoms with van der Waals surface area (Å²) in [5, 5.41) is 0. The first-order valence-corrected chi connectivity index (χ1v) is 5.81. The van der Waals surface area contributed by atoms with Crippen molar-refractivity contribution in [2.24, 2.45) is 0 Å². The number of nitrogen functional groups attached to an aromatic ring is 1. The van der Waals surface area contributed by atoms with Crippen LogP contribution in [0.4, 0.5) is 5.69 Å². The minimum atomic E-state index is -0.567. The first kappa shape index (κ1) is 14.0. The Morgan fingerprint density at radius 1 is 1.17 bits per heavy atom. The summed E-state index contributed by atoms with van der Waals surface area (Å²) in [7, 11) is 0. The highest BCUT2D eigenvalue weighted by Crippen LogP contribution is 2.06. The van der Waals surface area contributed by atoms with Crippen LogP contribution in [0.15, 0.2) is 24.3 Å². The summed E-state index contributed by atoms with van der Waals surface area (Å²) in [6.45, 7) is 1.98. The maximum Gasteiger partial charge on any atom is 0.344 e. The fraction of sp³-hybridized carbons (Fsp3) is 0.385. The summed E-state index contributed by atoms with van der Waals surface area (Å²) in [4.78, 5) is 22.7. The number of hydrogen-bond acceptors (Lipinski definition) is 5. The Kier molecular flexibility index (Phi) is 5.70. The van der Waals surface area contributed by atoms with Gasteiger partial charge in [-0.15, -0.1) is 0 Å². The van der Waals surface area contributed by atoms with Gasteiger partial charge in [0.2, 0.25) is 0 Å². The molecule has 0 saturated heterocycles. The lowest BCUT2D eigenvalue weighted by Gasteiger charge is -2.05. The van der Waals surface area contributed by atoms with Crippen LogP contribution in [0.5, 0.6) is 0 Å². The molecule has 1 aromatic rings. The van der Waals surface area contributed by atoms with Gasteiger partial charge in [-0.3, -0.25) is 0 Å². The van der Waals surface area contributed by atoms with Crippen LogP contribution in [0.3, 0.4) is 0 Å². The zero-order valence-corrected chi connectivity index (χ0v) is 10.3. The van der Waals surface area contributed by atoms with E-state index >= 15 is 0 Å². The minimum Gasteiger partial charge on any atom is -0.463 e. The Labute approximate surface area is 106 Å². The van der Waals surface area contributed by atoms with Crippen LogP contribution in [-0.4, -0.2) is 25.2 Å². The van der Waals surface area contributed by atoms with Gasteiger partial charge in [0.05, 0.1) is 12.2 Å². The Hall–Kier alpha value is -2.04. The lowest BCUT2D eigenvalue weighted by molar-refractivity contribution is -0.147. The first-order valence-electron chi connectivity index (χ1n) is 5.81. The molecule has 5 heteroatoms. The second-order valence-corrected chi connectivity index (χ2v) is 3.77. The third kappa shape index (κ3) is 4.86. The highest BCUT2D eigenvalue weighted by molar-refractivity contribution is 5.91. The van der Waals surface area contributed by atoms with E-state index in [1.165, 1.54) is 0 Å². The smallest absolute Gasteiger partial charge is 0.344 e. The molecular weight excluding hydrogens is 234 g/mol. The summed E-state index contributed by atoms with van der Waals surface area (Å²) in [5.74, 6) is -1.10. The average Bonchev–Trinajstić information content (AvgIpc) is 2.37. The standard InChI is InChI=1S/C13H17NO4/c1-2-3-8-17-12(15)9-18-13(16)10-4-6-11(14)7-5-10/h4-7H,2-3,8-9,14H2,1H3. The fourth-order valence-electron chi connectivity index (χ4n) is 1.20. The van der Waals surface area contributed by atoms with Crippen molar-refractivity contribution in [2.75, 3.05) is 18.9 Å². The van der Waals surface area contributed by atoms with Gasteiger partial charge in [0.15, 0.2) is 6.61 Å². The number of nitrogens with two attached hydrogens (primary N) is 1. The Balaban J connectivity index is 2.32. The van der Waals surface area contributed by atoms with E-state index in [-0.39, 0.29) is 6.61 Å². The number of carbonyl (C=O) groups excluding carboxylic acids is 2. The fourth-order valence-corrected chi connectivity index (χ4v) is 1.20. The van der Waals surface area contributed by atoms with Crippen molar-refractivity contribution < 1.29 is 19.1 Å². The number of ether oxygens (including phenoxy) is 2. The molecule has 1 aromatic carbocycles. The molecule has 0 aliphatic carbocycles. The summed E-state index contributed by atoms with van der Waals surface area (Å²) >= 11 is 0. The topological polar surface area (TPSA) is 78.6 Å². The number of anilines is 1. The molecule has 0 bridgehead atoms. The van der Waals surface area contributed by atoms with Crippen LogP contribution in [0.2, 0.25) is 0 Å². The number of rotatable bonds is 6. The second kappa shape index (κ2) is 7.32. The van der Waals surface area contributed by atoms with Crippen LogP contribution in [0, 0.1) is 0 Å². The maximum absolute atomic E-state index is 11.5. The lowest BCUT2D eigenvalue weighted by atomic mass is 10.2. The van der Waals surface area contributed by atoms with E-state index in [9.17, 15) is 9.59 Å². The molecule has 0 aliphatic rings. The molecule has 98 valence electrons. The van der Waals surface area contributed by atoms with E-state index in [0.29, 0.717) is 17.9 Å². The zero-order valence-electron chi connectivity index (χ0n) is 10.3. The molecule has 2 N–H and O–H groups in total. The van der Waals surface area contributed by atoms with Crippen molar-refractivity contribution in [3.63, 3.8) is 0 Å². The molecule has 18 heavy (non-hydrogen) atoms. The van der Waals surface area contributed by atoms with Gasteiger partial charge in [0, 0.05) is 5.69 Å². The van der Waals surface area contributed by atoms with Gasteiger partial charge >= 0.3 is 11.9 Å². The molecule has 0 amide bonds. The highest BCUT2D eigenvalue weighted by Gasteiger charge is 2.10. The predicted molar refractivity (Wildman–Crippen MR) is 67.0 cm³/mol. The Bertz CT molecular complexity index is 400. The van der Waals surface area contributed by atoms with Crippen LogP contribution in [-0.2, 0) is 14.3 Å². The molecule has 0 saturated carbocycles. The molecule has 5 nitrogen and oxygen atoms in total. The molecule has 0 radical (unpaired) electrons. The van der Waals surface area contributed by atoms with Crippen LogP contribution in [0.25, 0.3) is 0 Å². The van der Waals surface area contributed by atoms with Gasteiger partial charge in [0.25, 0.3) is 0 Å². The van der Waals surface area contributed by atoms with E-state index in [1.54, 1.807) is 24.3 Å². The van der Waals surface area contributed by atoms with Gasteiger partial charge in [-0.25, -0.2) is 9.59 Å². The molecule has 1 rings (SSSR count). The van der Waals surface area contributed by atoms with E-state index < -0.39 is 11.9 Å². The van der Waals surface area contributed by atoms with Gasteiger partial charge in [-0.2, -0.15) is 0 Å². The van der Waals surface area contributed by atoms with Crippen molar-refractivity contribution in [1.82, 2.24) is 0 Å². The van der Waals surface area contributed by atoms with E-state index in [2.05, 4.69) is 0 Å². The van der Waals surface area contributed by atoms with Gasteiger partial charge < -0.3 is 15.2 Å². The third-order valence-corrected chi connectivity index (χ3v) is 2.23. The molecule has 0 aliphatic heterocycles. The number of benzene rings is 1. The molecule has 0 aromatic heterocycles. The monoisotopic (exact) mass is 251 g/mol. The normalized spacial score (nSPS) is 9.83. The van der Waals surface area contributed by atoms with Crippen molar-refractivity contribution >= 4 is 17.6 Å². The summed E-state index contributed by atoms with van der Waals surface area (Å²) in [6.07, 6.45) is 1.75. The van der Waals surface area contributed by atoms with Crippen LogP contribution < -0.4 is 5.73 Å². The molecule has 0 heterocycles. The maximum atomic E-state index is 11.5. The van der Waals surface area contributed by atoms with Gasteiger partial charge in [0.1, 0.15) is 0 Å². The number of unbranched alkanes of at least 4 members (excludes halogenated alkanes) is 1. The molecule has 0 spiro atoms. The van der Waals surface area contributed by atoms with E-state index in [1.807, 2.05) is 6.92 Å². The molecular formula is C13H17NO4. The number of hydrogen-bond donors (Lipinski definition) is 1. The molecule has 0 unspecified atom stereocenters. The first-order chi connectivity index (χ1) is 8.63. The van der Waals surface area contributed by atoms with E-state index in [4.69, 9.17) is 15.2 Å². The summed E-state index contributed by atoms with van der Waals surface area (Å²) in [6, 6.07) is 6.27. The van der Waals surface area contributed by atoms with Gasteiger partial charge in [-0.1, -0.05) is 13.3 Å². The summed E-state index contributed by atoms with van der Waals surface area (Å²) < 4.78 is 9.66. The SMILES string of the molecule is CCCCOC(=O)COC(=O)c1ccc(N)cc1. The van der Waals surface area contributed by atoms with Crippen LogP contribution in [0.1, 0.15) is 30.1 Å². The van der Waals surface area contributed by atoms with Gasteiger partial charge in [-0.05, 0) is 30.7 Å². The third-order valence-electron chi connectivity index (χ3n) is 2.23. The second-order valence-electron chi connectivity index (χ2n) is 3.77. The minimum absolute atomic E-state index is 0.352. The van der Waals surface area contributed by atoms with Crippen molar-refractivity contribution in [3.8, 4) is 0 Å². The highest BCUT2D eigenvalue weighted by atomic mass is 16.6. The Morgan fingerprint density at radius 2 is 1.83 bits per heavy atom. The zero-order chi connectivity index (χ0) is 13.4. The quantitative estimate of drug-likeness (QED) is 0.473. The Morgan fingerprint density at radius 3 is 2.44 bits per heavy atom. The summed E-state index contributed by atoms with van der Waals surface area (Å²) in [5.41, 5.74) is 6.40. The number of esters is 2. The predicted octanol–water partition coefficient (Wildman–Crippen LogP) is 1.77.